The van der Waals surface area contributed by atoms with E-state index in [1.807, 2.05) is 22.2 Å². The minimum absolute atomic E-state index is 0.145. The zero-order valence-electron chi connectivity index (χ0n) is 15.4. The van der Waals surface area contributed by atoms with Crippen molar-refractivity contribution in [2.75, 3.05) is 33.2 Å². The Labute approximate surface area is 166 Å². The maximum Gasteiger partial charge on any atom is 0.220 e. The second-order valence-corrected chi connectivity index (χ2v) is 9.20. The maximum absolute atomic E-state index is 12.5. The van der Waals surface area contributed by atoms with E-state index < -0.39 is 10.0 Å². The Morgan fingerprint density at radius 2 is 2.14 bits per heavy atom. The Morgan fingerprint density at radius 1 is 1.32 bits per heavy atom. The summed E-state index contributed by atoms with van der Waals surface area (Å²) in [4.78, 5) is 11.9. The van der Waals surface area contributed by atoms with Gasteiger partial charge in [0.1, 0.15) is 12.0 Å². The van der Waals surface area contributed by atoms with Crippen LogP contribution < -0.4 is 5.32 Å². The summed E-state index contributed by atoms with van der Waals surface area (Å²) in [7, 11) is -1.69. The Hall–Kier alpha value is -2.44. The van der Waals surface area contributed by atoms with E-state index in [0.717, 1.165) is 16.6 Å². The highest BCUT2D eigenvalue weighted by Crippen LogP contribution is 2.14. The number of sulfonamides is 1. The van der Waals surface area contributed by atoms with Gasteiger partial charge in [0.25, 0.3) is 0 Å². The number of piperazine rings is 1. The third-order valence-corrected chi connectivity index (χ3v) is 7.12. The van der Waals surface area contributed by atoms with E-state index >= 15 is 0 Å². The Balaban J connectivity index is 1.32. The standard InChI is InChI=1S/C16H21N7O3S2/c1-17-15(18-10-14-11-22-7-9-27-16(22)19-14)21-3-5-23(6-4-21)28(24,25)12-13-2-8-26-20-13/h2,7-9,11H,3-6,10,12H2,1H3,(H,17,18). The van der Waals surface area contributed by atoms with Crippen LogP contribution in [0.3, 0.4) is 0 Å². The fourth-order valence-corrected chi connectivity index (χ4v) is 5.28. The number of thiazole rings is 1. The van der Waals surface area contributed by atoms with Crippen LogP contribution in [0.5, 0.6) is 0 Å². The number of imidazole rings is 1. The first kappa shape index (κ1) is 18.9. The average molecular weight is 424 g/mol. The lowest BCUT2D eigenvalue weighted by Crippen LogP contribution is -2.53. The van der Waals surface area contributed by atoms with Crippen molar-refractivity contribution in [2.45, 2.75) is 12.3 Å². The van der Waals surface area contributed by atoms with Crippen molar-refractivity contribution in [3.05, 3.63) is 41.5 Å². The number of rotatable bonds is 5. The van der Waals surface area contributed by atoms with E-state index in [1.165, 1.54) is 10.6 Å². The van der Waals surface area contributed by atoms with Crippen LogP contribution in [0.25, 0.3) is 4.96 Å². The quantitative estimate of drug-likeness (QED) is 0.473. The molecule has 1 saturated heterocycles. The van der Waals surface area contributed by atoms with Crippen LogP contribution in [0, 0.1) is 0 Å². The molecule has 0 bridgehead atoms. The van der Waals surface area contributed by atoms with Gasteiger partial charge in [0.2, 0.25) is 10.0 Å². The van der Waals surface area contributed by atoms with Crippen LogP contribution >= 0.6 is 11.3 Å². The molecule has 0 atom stereocenters. The van der Waals surface area contributed by atoms with Gasteiger partial charge in [0.05, 0.1) is 17.9 Å². The third kappa shape index (κ3) is 4.03. The first-order valence-corrected chi connectivity index (χ1v) is 11.3. The minimum atomic E-state index is -3.41. The van der Waals surface area contributed by atoms with Gasteiger partial charge in [-0.3, -0.25) is 9.39 Å². The zero-order chi connectivity index (χ0) is 19.6. The lowest BCUT2D eigenvalue weighted by molar-refractivity contribution is 0.259. The number of nitrogens with zero attached hydrogens (tertiary/aromatic N) is 6. The summed E-state index contributed by atoms with van der Waals surface area (Å²) in [6.07, 6.45) is 5.34. The zero-order valence-corrected chi connectivity index (χ0v) is 17.0. The molecule has 3 aromatic rings. The molecular weight excluding hydrogens is 402 g/mol. The summed E-state index contributed by atoms with van der Waals surface area (Å²) in [5.41, 5.74) is 1.35. The van der Waals surface area contributed by atoms with Crippen LogP contribution in [0.4, 0.5) is 0 Å². The number of nitrogens with one attached hydrogen (secondary N) is 1. The number of fused-ring (bicyclic) bond motifs is 1. The molecule has 1 fully saturated rings. The monoisotopic (exact) mass is 423 g/mol. The normalized spacial score (nSPS) is 16.8. The van der Waals surface area contributed by atoms with Crippen molar-refractivity contribution in [1.82, 2.24) is 29.1 Å². The number of hydrogen-bond acceptors (Lipinski definition) is 7. The molecule has 0 aliphatic carbocycles. The Morgan fingerprint density at radius 3 is 2.82 bits per heavy atom. The van der Waals surface area contributed by atoms with Gasteiger partial charge in [-0.05, 0) is 0 Å². The van der Waals surface area contributed by atoms with E-state index in [4.69, 9.17) is 4.52 Å². The fourth-order valence-electron chi connectivity index (χ4n) is 3.13. The van der Waals surface area contributed by atoms with Crippen LogP contribution in [-0.4, -0.2) is 71.4 Å². The Kier molecular flexibility index (Phi) is 5.33. The lowest BCUT2D eigenvalue weighted by atomic mass is 10.4. The second-order valence-electron chi connectivity index (χ2n) is 6.36. The molecular formula is C16H21N7O3S2. The van der Waals surface area contributed by atoms with Gasteiger partial charge in [0, 0.05) is 57.1 Å². The number of guanidine groups is 1. The molecule has 0 saturated carbocycles. The van der Waals surface area contributed by atoms with Gasteiger partial charge in [-0.2, -0.15) is 4.31 Å². The van der Waals surface area contributed by atoms with Crippen molar-refractivity contribution in [2.24, 2.45) is 4.99 Å². The summed E-state index contributed by atoms with van der Waals surface area (Å²) in [6.45, 7) is 2.50. The van der Waals surface area contributed by atoms with Gasteiger partial charge in [-0.15, -0.1) is 11.3 Å². The predicted octanol–water partition coefficient (Wildman–Crippen LogP) is 0.607. The van der Waals surface area contributed by atoms with Crippen LogP contribution in [0.2, 0.25) is 0 Å². The van der Waals surface area contributed by atoms with Gasteiger partial charge in [-0.1, -0.05) is 5.16 Å². The molecule has 1 aliphatic heterocycles. The van der Waals surface area contributed by atoms with Gasteiger partial charge < -0.3 is 14.7 Å². The van der Waals surface area contributed by atoms with Crippen molar-refractivity contribution < 1.29 is 12.9 Å². The van der Waals surface area contributed by atoms with Gasteiger partial charge in [-0.25, -0.2) is 13.4 Å². The molecule has 0 radical (unpaired) electrons. The number of hydrogen-bond donors (Lipinski definition) is 1. The average Bonchev–Trinajstić information content (AvgIpc) is 3.40. The molecule has 0 aromatic carbocycles. The Bertz CT molecular complexity index is 1020. The molecule has 1 aliphatic rings. The summed E-state index contributed by atoms with van der Waals surface area (Å²) < 4.78 is 33.3. The smallest absolute Gasteiger partial charge is 0.220 e. The summed E-state index contributed by atoms with van der Waals surface area (Å²) >= 11 is 1.59. The molecule has 3 aromatic heterocycles. The van der Waals surface area contributed by atoms with E-state index in [-0.39, 0.29) is 5.75 Å². The molecule has 4 rings (SSSR count). The topological polar surface area (TPSA) is 108 Å². The molecule has 28 heavy (non-hydrogen) atoms. The number of aromatic nitrogens is 3. The minimum Gasteiger partial charge on any atom is -0.364 e. The lowest BCUT2D eigenvalue weighted by Gasteiger charge is -2.35. The van der Waals surface area contributed by atoms with Gasteiger partial charge >= 0.3 is 0 Å². The van der Waals surface area contributed by atoms with Crippen LogP contribution in [0.15, 0.2) is 39.6 Å². The summed E-state index contributed by atoms with van der Waals surface area (Å²) in [5.74, 6) is 0.596. The molecule has 150 valence electrons. The molecule has 1 N–H and O–H groups in total. The first-order valence-electron chi connectivity index (χ1n) is 8.79. The van der Waals surface area contributed by atoms with Crippen molar-refractivity contribution in [3.63, 3.8) is 0 Å². The SMILES string of the molecule is CN=C(NCc1cn2ccsc2n1)N1CCN(S(=O)(=O)Cc2ccon2)CC1. The third-order valence-electron chi connectivity index (χ3n) is 4.54. The van der Waals surface area contributed by atoms with Crippen molar-refractivity contribution in [1.29, 1.82) is 0 Å². The van der Waals surface area contributed by atoms with Crippen molar-refractivity contribution >= 4 is 32.3 Å². The first-order chi connectivity index (χ1) is 13.5. The van der Waals surface area contributed by atoms with Crippen LogP contribution in [-0.2, 0) is 22.3 Å². The maximum atomic E-state index is 12.5. The van der Waals surface area contributed by atoms with E-state index in [1.54, 1.807) is 24.5 Å². The van der Waals surface area contributed by atoms with E-state index in [2.05, 4.69) is 25.3 Å². The molecule has 10 nitrogen and oxygen atoms in total. The van der Waals surface area contributed by atoms with E-state index in [9.17, 15) is 8.42 Å². The van der Waals surface area contributed by atoms with Gasteiger partial charge in [0.15, 0.2) is 10.9 Å². The summed E-state index contributed by atoms with van der Waals surface area (Å²) in [5, 5.41) is 9.00. The largest absolute Gasteiger partial charge is 0.364 e. The summed E-state index contributed by atoms with van der Waals surface area (Å²) in [6, 6.07) is 1.57. The molecule has 0 unspecified atom stereocenters. The van der Waals surface area contributed by atoms with E-state index in [0.29, 0.717) is 38.4 Å². The van der Waals surface area contributed by atoms with Crippen LogP contribution in [0.1, 0.15) is 11.4 Å². The van der Waals surface area contributed by atoms with Crippen molar-refractivity contribution in [3.8, 4) is 0 Å². The fraction of sp³-hybridized carbons (Fsp3) is 0.438. The number of aliphatic imine (C=N–C) groups is 1. The highest BCUT2D eigenvalue weighted by Gasteiger charge is 2.29. The second kappa shape index (κ2) is 7.89. The highest BCUT2D eigenvalue weighted by molar-refractivity contribution is 7.88. The molecule has 4 heterocycles. The molecule has 0 spiro atoms. The predicted molar refractivity (Wildman–Crippen MR) is 106 cm³/mol. The highest BCUT2D eigenvalue weighted by atomic mass is 32.2. The molecule has 12 heteroatoms. The molecule has 0 amide bonds.